The first-order valence-electron chi connectivity index (χ1n) is 8.95. The van der Waals surface area contributed by atoms with Crippen molar-refractivity contribution in [3.8, 4) is 0 Å². The number of hydrogen-bond acceptors (Lipinski definition) is 5. The van der Waals surface area contributed by atoms with Crippen molar-refractivity contribution in [2.75, 3.05) is 26.2 Å². The first-order chi connectivity index (χ1) is 12.1. The van der Waals surface area contributed by atoms with Crippen LogP contribution in [0.1, 0.15) is 36.4 Å². The molecule has 0 bridgehead atoms. The minimum atomic E-state index is -0.401. The van der Waals surface area contributed by atoms with Crippen LogP contribution in [0.25, 0.3) is 5.57 Å². The van der Waals surface area contributed by atoms with Crippen molar-refractivity contribution in [1.29, 1.82) is 0 Å². The molecule has 1 atom stereocenters. The Kier molecular flexibility index (Phi) is 6.84. The maximum Gasteiger partial charge on any atom is 0.0900 e. The highest BCUT2D eigenvalue weighted by atomic mass is 32.1. The van der Waals surface area contributed by atoms with Crippen molar-refractivity contribution in [3.05, 3.63) is 50.4 Å². The lowest BCUT2D eigenvalue weighted by Crippen LogP contribution is -2.39. The number of rotatable bonds is 7. The van der Waals surface area contributed by atoms with Crippen LogP contribution < -0.4 is 0 Å². The molecule has 3 heterocycles. The molecule has 5 heteroatoms. The van der Waals surface area contributed by atoms with Crippen molar-refractivity contribution >= 4 is 28.2 Å². The minimum Gasteiger partial charge on any atom is -0.389 e. The van der Waals surface area contributed by atoms with E-state index in [1.807, 2.05) is 36.5 Å². The lowest BCUT2D eigenvalue weighted by Gasteiger charge is -2.31. The Morgan fingerprint density at radius 3 is 2.20 bits per heavy atom. The van der Waals surface area contributed by atoms with E-state index < -0.39 is 6.10 Å². The molecule has 0 aliphatic carbocycles. The molecule has 1 saturated heterocycles. The van der Waals surface area contributed by atoms with Gasteiger partial charge in [-0.25, -0.2) is 0 Å². The summed E-state index contributed by atoms with van der Waals surface area (Å²) in [7, 11) is 0. The molecule has 25 heavy (non-hydrogen) atoms. The van der Waals surface area contributed by atoms with E-state index in [0.29, 0.717) is 13.2 Å². The molecule has 1 aliphatic rings. The third-order valence-corrected chi connectivity index (χ3v) is 6.21. The molecule has 1 fully saturated rings. The van der Waals surface area contributed by atoms with Crippen LogP contribution in [0.3, 0.4) is 0 Å². The van der Waals surface area contributed by atoms with Gasteiger partial charge in [0.1, 0.15) is 0 Å². The number of piperidine rings is 1. The van der Waals surface area contributed by atoms with Crippen molar-refractivity contribution in [1.82, 2.24) is 4.90 Å². The van der Waals surface area contributed by atoms with E-state index in [2.05, 4.69) is 39.9 Å². The second-order valence-electron chi connectivity index (χ2n) is 6.77. The zero-order valence-electron chi connectivity index (χ0n) is 15.0. The number of aliphatic hydroxyl groups excluding tert-OH is 1. The molecule has 136 valence electrons. The van der Waals surface area contributed by atoms with Gasteiger partial charge in [-0.2, -0.15) is 0 Å². The number of ether oxygens (including phenoxy) is 1. The van der Waals surface area contributed by atoms with Crippen LogP contribution in [0.4, 0.5) is 0 Å². The molecule has 0 aromatic carbocycles. The molecule has 3 rings (SSSR count). The average Bonchev–Trinajstić information content (AvgIpc) is 3.29. The minimum absolute atomic E-state index is 0.171. The second kappa shape index (κ2) is 9.10. The summed E-state index contributed by atoms with van der Waals surface area (Å²) in [5.74, 6) is 0. The van der Waals surface area contributed by atoms with E-state index in [9.17, 15) is 5.11 Å². The summed E-state index contributed by atoms with van der Waals surface area (Å²) >= 11 is 3.64. The largest absolute Gasteiger partial charge is 0.389 e. The summed E-state index contributed by atoms with van der Waals surface area (Å²) in [5.41, 5.74) is 2.99. The molecule has 2 aromatic heterocycles. The quantitative estimate of drug-likeness (QED) is 0.771. The Morgan fingerprint density at radius 1 is 1.12 bits per heavy atom. The van der Waals surface area contributed by atoms with Crippen LogP contribution in [-0.2, 0) is 4.74 Å². The highest BCUT2D eigenvalue weighted by Crippen LogP contribution is 2.36. The average molecular weight is 378 g/mol. The fourth-order valence-electron chi connectivity index (χ4n) is 3.22. The fourth-order valence-corrected chi connectivity index (χ4v) is 4.95. The lowest BCUT2D eigenvalue weighted by atomic mass is 9.95. The number of aliphatic hydroxyl groups is 1. The molecule has 1 aliphatic heterocycles. The van der Waals surface area contributed by atoms with Gasteiger partial charge in [0.05, 0.1) is 18.8 Å². The van der Waals surface area contributed by atoms with Crippen molar-refractivity contribution < 1.29 is 9.84 Å². The predicted octanol–water partition coefficient (Wildman–Crippen LogP) is 4.49. The standard InChI is InChI=1S/C20H27NO2S2/c1-15(2)23-14-17(22)13-21-9-7-16(8-10-21)20(18-5-3-11-24-18)19-6-4-12-25-19/h3-6,11-12,15,17,22H,7-10,13-14H2,1-2H3. The summed E-state index contributed by atoms with van der Waals surface area (Å²) in [6, 6.07) is 8.72. The molecule has 1 unspecified atom stereocenters. The maximum absolute atomic E-state index is 10.2. The van der Waals surface area contributed by atoms with Gasteiger partial charge in [0.15, 0.2) is 0 Å². The van der Waals surface area contributed by atoms with Crippen LogP contribution >= 0.6 is 22.7 Å². The first kappa shape index (κ1) is 18.8. The molecule has 0 amide bonds. The summed E-state index contributed by atoms with van der Waals surface area (Å²) < 4.78 is 5.52. The zero-order chi connectivity index (χ0) is 17.6. The van der Waals surface area contributed by atoms with E-state index >= 15 is 0 Å². The van der Waals surface area contributed by atoms with Crippen molar-refractivity contribution in [2.45, 2.75) is 38.9 Å². The van der Waals surface area contributed by atoms with Gasteiger partial charge in [-0.15, -0.1) is 22.7 Å². The number of thiophene rings is 2. The highest BCUT2D eigenvalue weighted by molar-refractivity contribution is 7.13. The number of hydrogen-bond donors (Lipinski definition) is 1. The van der Waals surface area contributed by atoms with E-state index in [0.717, 1.165) is 25.9 Å². The molecule has 3 nitrogen and oxygen atoms in total. The van der Waals surface area contributed by atoms with Crippen LogP contribution in [-0.4, -0.2) is 48.5 Å². The van der Waals surface area contributed by atoms with Crippen LogP contribution in [0.15, 0.2) is 40.6 Å². The van der Waals surface area contributed by atoms with Gasteiger partial charge >= 0.3 is 0 Å². The Labute approximate surface area is 158 Å². The van der Waals surface area contributed by atoms with Gasteiger partial charge in [-0.05, 0) is 49.6 Å². The van der Waals surface area contributed by atoms with E-state index in [1.165, 1.54) is 15.3 Å². The molecule has 0 spiro atoms. The van der Waals surface area contributed by atoms with Gasteiger partial charge in [0.2, 0.25) is 0 Å². The molecule has 2 aromatic rings. The third kappa shape index (κ3) is 5.25. The van der Waals surface area contributed by atoms with E-state index in [1.54, 1.807) is 5.57 Å². The van der Waals surface area contributed by atoms with Gasteiger partial charge in [-0.3, -0.25) is 0 Å². The van der Waals surface area contributed by atoms with Gasteiger partial charge in [0.25, 0.3) is 0 Å². The van der Waals surface area contributed by atoms with Gasteiger partial charge in [-0.1, -0.05) is 17.7 Å². The summed E-state index contributed by atoms with van der Waals surface area (Å²) in [6.07, 6.45) is 1.91. The molecule has 0 radical (unpaired) electrons. The number of likely N-dealkylation sites (tertiary alicyclic amines) is 1. The third-order valence-electron chi connectivity index (χ3n) is 4.44. The topological polar surface area (TPSA) is 32.7 Å². The Bertz CT molecular complexity index is 616. The molecular weight excluding hydrogens is 350 g/mol. The Balaban J connectivity index is 1.64. The summed E-state index contributed by atoms with van der Waals surface area (Å²) in [6.45, 7) is 7.14. The van der Waals surface area contributed by atoms with Crippen LogP contribution in [0.5, 0.6) is 0 Å². The lowest BCUT2D eigenvalue weighted by molar-refractivity contribution is -0.00927. The zero-order valence-corrected chi connectivity index (χ0v) is 16.6. The maximum atomic E-state index is 10.2. The van der Waals surface area contributed by atoms with Crippen LogP contribution in [0.2, 0.25) is 0 Å². The highest BCUT2D eigenvalue weighted by Gasteiger charge is 2.21. The monoisotopic (exact) mass is 377 g/mol. The summed E-state index contributed by atoms with van der Waals surface area (Å²) in [5, 5.41) is 14.5. The number of β-amino-alcohol motifs (C(OH)–C–C–N with tert-alkyl or cyclic N) is 1. The molecule has 0 saturated carbocycles. The Hall–Kier alpha value is -0.980. The fraction of sp³-hybridized carbons (Fsp3) is 0.500. The molecular formula is C20H27NO2S2. The smallest absolute Gasteiger partial charge is 0.0900 e. The Morgan fingerprint density at radius 2 is 1.72 bits per heavy atom. The predicted molar refractivity (Wildman–Crippen MR) is 107 cm³/mol. The second-order valence-corrected chi connectivity index (χ2v) is 8.67. The normalized spacial score (nSPS) is 17.2. The van der Waals surface area contributed by atoms with Gasteiger partial charge < -0.3 is 14.7 Å². The van der Waals surface area contributed by atoms with Gasteiger partial charge in [0, 0.05) is 35.0 Å². The first-order valence-corrected chi connectivity index (χ1v) is 10.7. The SMILES string of the molecule is CC(C)OCC(O)CN1CCC(=C(c2cccs2)c2cccs2)CC1. The van der Waals surface area contributed by atoms with Crippen molar-refractivity contribution in [3.63, 3.8) is 0 Å². The number of nitrogens with zero attached hydrogens (tertiary/aromatic N) is 1. The van der Waals surface area contributed by atoms with E-state index in [-0.39, 0.29) is 6.10 Å². The molecule has 1 N–H and O–H groups in total. The van der Waals surface area contributed by atoms with E-state index in [4.69, 9.17) is 4.74 Å². The van der Waals surface area contributed by atoms with Crippen LogP contribution in [0, 0.1) is 0 Å². The summed E-state index contributed by atoms with van der Waals surface area (Å²) in [4.78, 5) is 5.10. The van der Waals surface area contributed by atoms with Crippen molar-refractivity contribution in [2.24, 2.45) is 0 Å².